The zero-order valence-electron chi connectivity index (χ0n) is 17.1. The number of nitrogens with one attached hydrogen (secondary N) is 1. The van der Waals surface area contributed by atoms with Crippen LogP contribution in [0, 0.1) is 18.3 Å². The van der Waals surface area contributed by atoms with Crippen molar-refractivity contribution < 1.29 is 9.21 Å². The number of nitrogens with zero attached hydrogens (tertiary/aromatic N) is 2. The lowest BCUT2D eigenvalue weighted by molar-refractivity contribution is -0.112. The Balaban J connectivity index is 1.44. The molecule has 2 heterocycles. The van der Waals surface area contributed by atoms with Crippen LogP contribution in [-0.2, 0) is 11.2 Å². The van der Waals surface area contributed by atoms with Gasteiger partial charge in [-0.15, -0.1) is 11.3 Å². The smallest absolute Gasteiger partial charge is 0.268 e. The number of aryl methyl sites for hydroxylation is 1. The van der Waals surface area contributed by atoms with Gasteiger partial charge in [0, 0.05) is 34.2 Å². The molecule has 0 saturated carbocycles. The SMILES string of the molecule is Cc1ccc(Cc2cnc(NC(=O)C(C#N)=Cc3ccc(-c4ccc(Cl)cc4)o3)s2)cc1. The number of nitriles is 1. The van der Waals surface area contributed by atoms with E-state index in [1.165, 1.54) is 28.5 Å². The second-order valence-electron chi connectivity index (χ2n) is 7.13. The Bertz CT molecular complexity index is 1310. The second-order valence-corrected chi connectivity index (χ2v) is 8.68. The predicted molar refractivity (Wildman–Crippen MR) is 127 cm³/mol. The van der Waals surface area contributed by atoms with E-state index in [2.05, 4.69) is 34.6 Å². The second kappa shape index (κ2) is 9.65. The van der Waals surface area contributed by atoms with Crippen LogP contribution in [0.15, 0.2) is 76.9 Å². The summed E-state index contributed by atoms with van der Waals surface area (Å²) in [5.41, 5.74) is 3.15. The van der Waals surface area contributed by atoms with Crippen molar-refractivity contribution in [2.75, 3.05) is 5.32 Å². The van der Waals surface area contributed by atoms with Crippen LogP contribution in [0.5, 0.6) is 0 Å². The van der Waals surface area contributed by atoms with Crippen LogP contribution in [0.1, 0.15) is 21.8 Å². The Kier molecular flexibility index (Phi) is 6.50. The molecule has 0 spiro atoms. The molecule has 0 unspecified atom stereocenters. The first-order valence-electron chi connectivity index (χ1n) is 9.79. The minimum absolute atomic E-state index is 0.0720. The molecule has 0 fully saturated rings. The van der Waals surface area contributed by atoms with Gasteiger partial charge >= 0.3 is 0 Å². The van der Waals surface area contributed by atoms with Crippen LogP contribution in [0.2, 0.25) is 5.02 Å². The third-order valence-corrected chi connectivity index (χ3v) is 5.84. The van der Waals surface area contributed by atoms with Crippen LogP contribution in [-0.4, -0.2) is 10.9 Å². The molecule has 158 valence electrons. The highest BCUT2D eigenvalue weighted by Crippen LogP contribution is 2.26. The highest BCUT2D eigenvalue weighted by Gasteiger charge is 2.14. The maximum Gasteiger partial charge on any atom is 0.268 e. The van der Waals surface area contributed by atoms with E-state index in [9.17, 15) is 10.1 Å². The van der Waals surface area contributed by atoms with Gasteiger partial charge in [-0.05, 0) is 48.9 Å². The van der Waals surface area contributed by atoms with Crippen LogP contribution in [0.4, 0.5) is 5.13 Å². The van der Waals surface area contributed by atoms with Gasteiger partial charge < -0.3 is 4.42 Å². The van der Waals surface area contributed by atoms with E-state index < -0.39 is 5.91 Å². The van der Waals surface area contributed by atoms with Gasteiger partial charge in [-0.3, -0.25) is 10.1 Å². The lowest BCUT2D eigenvalue weighted by atomic mass is 10.1. The molecule has 0 aliphatic carbocycles. The van der Waals surface area contributed by atoms with Gasteiger partial charge in [-0.25, -0.2) is 4.98 Å². The third kappa shape index (κ3) is 5.33. The van der Waals surface area contributed by atoms with E-state index in [4.69, 9.17) is 16.0 Å². The first-order chi connectivity index (χ1) is 15.5. The molecular formula is C25H18ClN3O2S. The molecular weight excluding hydrogens is 442 g/mol. The molecule has 0 radical (unpaired) electrons. The van der Waals surface area contributed by atoms with Gasteiger partial charge in [-0.1, -0.05) is 41.4 Å². The number of thiazole rings is 1. The molecule has 1 N–H and O–H groups in total. The molecule has 32 heavy (non-hydrogen) atoms. The Hall–Kier alpha value is -3.66. The Morgan fingerprint density at radius 1 is 1.16 bits per heavy atom. The summed E-state index contributed by atoms with van der Waals surface area (Å²) in [5.74, 6) is 0.486. The van der Waals surface area contributed by atoms with Gasteiger partial charge in [0.25, 0.3) is 5.91 Å². The topological polar surface area (TPSA) is 78.9 Å². The zero-order valence-corrected chi connectivity index (χ0v) is 18.7. The van der Waals surface area contributed by atoms with E-state index in [0.29, 0.717) is 21.7 Å². The molecule has 0 saturated heterocycles. The fourth-order valence-corrected chi connectivity index (χ4v) is 3.98. The Morgan fingerprint density at radius 2 is 1.91 bits per heavy atom. The summed E-state index contributed by atoms with van der Waals surface area (Å²) in [5, 5.41) is 13.2. The Labute approximate surface area is 194 Å². The number of carbonyl (C=O) groups is 1. The fourth-order valence-electron chi connectivity index (χ4n) is 3.01. The highest BCUT2D eigenvalue weighted by atomic mass is 35.5. The van der Waals surface area contributed by atoms with Crippen molar-refractivity contribution in [3.05, 3.63) is 99.2 Å². The number of hydrogen-bond acceptors (Lipinski definition) is 5. The van der Waals surface area contributed by atoms with E-state index in [1.807, 2.05) is 25.1 Å². The van der Waals surface area contributed by atoms with E-state index in [-0.39, 0.29) is 5.57 Å². The number of amides is 1. The van der Waals surface area contributed by atoms with Crippen molar-refractivity contribution in [3.8, 4) is 17.4 Å². The number of furan rings is 1. The monoisotopic (exact) mass is 459 g/mol. The molecule has 5 nitrogen and oxygen atoms in total. The minimum atomic E-state index is -0.534. The molecule has 1 amide bonds. The Morgan fingerprint density at radius 3 is 2.62 bits per heavy atom. The molecule has 0 aliphatic rings. The molecule has 0 aliphatic heterocycles. The standard InChI is InChI=1S/C25H18ClN3O2S/c1-16-2-4-17(5-3-16)12-22-15-28-25(32-22)29-24(30)19(14-27)13-21-10-11-23(31-21)18-6-8-20(26)9-7-18/h2-11,13,15H,12H2,1H3,(H,28,29,30). The van der Waals surface area contributed by atoms with Gasteiger partial charge in [0.05, 0.1) is 0 Å². The molecule has 4 aromatic rings. The average Bonchev–Trinajstić information content (AvgIpc) is 3.43. The summed E-state index contributed by atoms with van der Waals surface area (Å²) >= 11 is 7.30. The van der Waals surface area contributed by atoms with E-state index >= 15 is 0 Å². The van der Waals surface area contributed by atoms with Crippen LogP contribution >= 0.6 is 22.9 Å². The van der Waals surface area contributed by atoms with Gasteiger partial charge in [0.1, 0.15) is 23.2 Å². The molecule has 7 heteroatoms. The third-order valence-electron chi connectivity index (χ3n) is 4.68. The molecule has 0 bridgehead atoms. The summed E-state index contributed by atoms with van der Waals surface area (Å²) in [6.45, 7) is 2.05. The number of halogens is 1. The summed E-state index contributed by atoms with van der Waals surface area (Å²) in [6.07, 6.45) is 3.88. The lowest BCUT2D eigenvalue weighted by Gasteiger charge is -2.00. The van der Waals surface area contributed by atoms with Crippen LogP contribution < -0.4 is 5.32 Å². The minimum Gasteiger partial charge on any atom is -0.457 e. The van der Waals surface area contributed by atoms with Gasteiger partial charge in [-0.2, -0.15) is 5.26 Å². The van der Waals surface area contributed by atoms with Crippen molar-refractivity contribution in [1.82, 2.24) is 4.98 Å². The van der Waals surface area contributed by atoms with Crippen molar-refractivity contribution in [2.45, 2.75) is 13.3 Å². The number of aromatic nitrogens is 1. The molecule has 2 aromatic heterocycles. The summed E-state index contributed by atoms with van der Waals surface area (Å²) in [7, 11) is 0. The number of benzene rings is 2. The first kappa shape index (κ1) is 21.6. The normalized spacial score (nSPS) is 11.2. The largest absolute Gasteiger partial charge is 0.457 e. The van der Waals surface area contributed by atoms with E-state index in [0.717, 1.165) is 16.9 Å². The quantitative estimate of drug-likeness (QED) is 0.263. The lowest BCUT2D eigenvalue weighted by Crippen LogP contribution is -2.13. The van der Waals surface area contributed by atoms with Crippen molar-refractivity contribution in [3.63, 3.8) is 0 Å². The van der Waals surface area contributed by atoms with Gasteiger partial charge in [0.2, 0.25) is 0 Å². The molecule has 4 rings (SSSR count). The maximum absolute atomic E-state index is 12.6. The number of hydrogen-bond donors (Lipinski definition) is 1. The maximum atomic E-state index is 12.6. The van der Waals surface area contributed by atoms with Crippen molar-refractivity contribution in [1.29, 1.82) is 5.26 Å². The average molecular weight is 460 g/mol. The number of anilines is 1. The van der Waals surface area contributed by atoms with E-state index in [1.54, 1.807) is 30.5 Å². The highest BCUT2D eigenvalue weighted by molar-refractivity contribution is 7.15. The molecule has 2 aromatic carbocycles. The summed E-state index contributed by atoms with van der Waals surface area (Å²) in [4.78, 5) is 17.9. The predicted octanol–water partition coefficient (Wildman–Crippen LogP) is 6.50. The summed E-state index contributed by atoms with van der Waals surface area (Å²) < 4.78 is 5.76. The zero-order chi connectivity index (χ0) is 22.5. The van der Waals surface area contributed by atoms with Crippen molar-refractivity contribution >= 4 is 40.1 Å². The van der Waals surface area contributed by atoms with Crippen molar-refractivity contribution in [2.24, 2.45) is 0 Å². The van der Waals surface area contributed by atoms with Crippen LogP contribution in [0.25, 0.3) is 17.4 Å². The molecule has 0 atom stereocenters. The van der Waals surface area contributed by atoms with Gasteiger partial charge in [0.15, 0.2) is 5.13 Å². The first-order valence-corrected chi connectivity index (χ1v) is 11.0. The fraction of sp³-hybridized carbons (Fsp3) is 0.0800. The number of carbonyl (C=O) groups excluding carboxylic acids is 1. The summed E-state index contributed by atoms with van der Waals surface area (Å²) in [6, 6.07) is 20.9. The number of rotatable bonds is 6. The van der Waals surface area contributed by atoms with Crippen LogP contribution in [0.3, 0.4) is 0 Å².